The van der Waals surface area contributed by atoms with Crippen molar-refractivity contribution in [2.24, 2.45) is 5.92 Å². The topological polar surface area (TPSA) is 68.9 Å². The number of hydrogen-bond donors (Lipinski definition) is 1. The van der Waals surface area contributed by atoms with Crippen molar-refractivity contribution in [3.63, 3.8) is 0 Å². The zero-order valence-electron chi connectivity index (χ0n) is 17.1. The lowest BCUT2D eigenvalue weighted by Crippen LogP contribution is -2.46. The minimum absolute atomic E-state index is 0.111. The van der Waals surface area contributed by atoms with Gasteiger partial charge < -0.3 is 19.0 Å². The van der Waals surface area contributed by atoms with Crippen molar-refractivity contribution >= 4 is 5.97 Å². The van der Waals surface area contributed by atoms with Crippen LogP contribution in [0.2, 0.25) is 0 Å². The summed E-state index contributed by atoms with van der Waals surface area (Å²) >= 11 is 0. The number of carbonyl (C=O) groups excluding carboxylic acids is 1. The number of esters is 1. The van der Waals surface area contributed by atoms with Crippen LogP contribution in [0.3, 0.4) is 0 Å². The van der Waals surface area contributed by atoms with Crippen molar-refractivity contribution in [3.8, 4) is 0 Å². The maximum atomic E-state index is 11.8. The second-order valence-corrected chi connectivity index (χ2v) is 8.52. The first-order chi connectivity index (χ1) is 12.7. The lowest BCUT2D eigenvalue weighted by atomic mass is 9.86. The Morgan fingerprint density at radius 1 is 1.33 bits per heavy atom. The van der Waals surface area contributed by atoms with Crippen LogP contribution in [0.25, 0.3) is 0 Å². The first kappa shape index (κ1) is 20.2. The van der Waals surface area contributed by atoms with Gasteiger partial charge in [-0.3, -0.25) is 4.79 Å². The Kier molecular flexibility index (Phi) is 5.82. The van der Waals surface area contributed by atoms with Crippen LogP contribution in [0.1, 0.15) is 76.4 Å². The number of aliphatic hydroxyl groups is 1. The lowest BCUT2D eigenvalue weighted by Gasteiger charge is -2.37. The standard InChI is InChI=1S/C22H32O5/c1-13-7-6-8-14(2)17-9-10-22(5,27-17)21(26-16(4)23)20(24)19-15(3)12-25-18(19)11-13/h7,12,14,17,20-21,24H,6,8-11H2,1-5H3/b13-7+/t14-,17+,20+,21-,22-/m1/s1. The van der Waals surface area contributed by atoms with Crippen molar-refractivity contribution in [3.05, 3.63) is 34.8 Å². The molecule has 5 heteroatoms. The largest absolute Gasteiger partial charge is 0.468 e. The second kappa shape index (κ2) is 7.80. The smallest absolute Gasteiger partial charge is 0.303 e. The number of carbonyl (C=O) groups is 1. The lowest BCUT2D eigenvalue weighted by molar-refractivity contribution is -0.188. The van der Waals surface area contributed by atoms with Gasteiger partial charge in [0.1, 0.15) is 17.5 Å². The summed E-state index contributed by atoms with van der Waals surface area (Å²) in [6.45, 7) is 9.55. The summed E-state index contributed by atoms with van der Waals surface area (Å²) in [6.07, 6.45) is 6.60. The molecule has 0 radical (unpaired) electrons. The Balaban J connectivity index is 2.05. The van der Waals surface area contributed by atoms with E-state index in [2.05, 4.69) is 19.9 Å². The molecule has 150 valence electrons. The van der Waals surface area contributed by atoms with Gasteiger partial charge in [0.2, 0.25) is 0 Å². The Labute approximate surface area is 161 Å². The Morgan fingerprint density at radius 2 is 2.07 bits per heavy atom. The van der Waals surface area contributed by atoms with E-state index in [9.17, 15) is 9.90 Å². The second-order valence-electron chi connectivity index (χ2n) is 8.52. The molecule has 3 rings (SSSR count). The normalized spacial score (nSPS) is 36.6. The summed E-state index contributed by atoms with van der Waals surface area (Å²) in [5.41, 5.74) is 2.07. The van der Waals surface area contributed by atoms with Gasteiger partial charge >= 0.3 is 5.97 Å². The maximum Gasteiger partial charge on any atom is 0.303 e. The van der Waals surface area contributed by atoms with Gasteiger partial charge in [-0.25, -0.2) is 0 Å². The van der Waals surface area contributed by atoms with E-state index in [-0.39, 0.29) is 6.10 Å². The molecule has 2 aliphatic heterocycles. The molecule has 1 aromatic heterocycles. The summed E-state index contributed by atoms with van der Waals surface area (Å²) < 4.78 is 17.8. The van der Waals surface area contributed by atoms with Gasteiger partial charge in [0, 0.05) is 18.9 Å². The number of furan rings is 1. The van der Waals surface area contributed by atoms with Crippen molar-refractivity contribution in [1.82, 2.24) is 0 Å². The van der Waals surface area contributed by atoms with Crippen LogP contribution in [0.4, 0.5) is 0 Å². The molecular formula is C22H32O5. The number of aliphatic hydroxyl groups excluding tert-OH is 1. The Morgan fingerprint density at radius 3 is 2.78 bits per heavy atom. The molecule has 5 atom stereocenters. The molecule has 0 aliphatic carbocycles. The Bertz CT molecular complexity index is 718. The van der Waals surface area contributed by atoms with Crippen LogP contribution < -0.4 is 0 Å². The molecular weight excluding hydrogens is 344 g/mol. The molecule has 0 spiro atoms. The average molecular weight is 376 g/mol. The fraction of sp³-hybridized carbons (Fsp3) is 0.682. The van der Waals surface area contributed by atoms with E-state index >= 15 is 0 Å². The molecule has 3 heterocycles. The molecule has 5 nitrogen and oxygen atoms in total. The van der Waals surface area contributed by atoms with Crippen LogP contribution in [-0.4, -0.2) is 28.9 Å². The van der Waals surface area contributed by atoms with Crippen LogP contribution in [0, 0.1) is 12.8 Å². The predicted molar refractivity (Wildman–Crippen MR) is 102 cm³/mol. The highest BCUT2D eigenvalue weighted by atomic mass is 16.6. The highest BCUT2D eigenvalue weighted by Gasteiger charge is 2.50. The zero-order valence-corrected chi connectivity index (χ0v) is 17.1. The van der Waals surface area contributed by atoms with Crippen LogP contribution in [-0.2, 0) is 20.7 Å². The number of fused-ring (bicyclic) bond motifs is 3. The van der Waals surface area contributed by atoms with Gasteiger partial charge in [0.15, 0.2) is 6.10 Å². The minimum atomic E-state index is -0.991. The number of hydrogen-bond acceptors (Lipinski definition) is 5. The van der Waals surface area contributed by atoms with Crippen LogP contribution in [0.15, 0.2) is 22.3 Å². The van der Waals surface area contributed by atoms with E-state index in [1.807, 2.05) is 13.8 Å². The van der Waals surface area contributed by atoms with E-state index in [1.54, 1.807) is 6.26 Å². The molecule has 1 fully saturated rings. The molecule has 0 amide bonds. The highest BCUT2D eigenvalue weighted by Crippen LogP contribution is 2.43. The van der Waals surface area contributed by atoms with Crippen molar-refractivity contribution in [2.45, 2.75) is 90.6 Å². The van der Waals surface area contributed by atoms with Crippen molar-refractivity contribution in [1.29, 1.82) is 0 Å². The molecule has 0 aromatic carbocycles. The Hall–Kier alpha value is -1.59. The fourth-order valence-corrected chi connectivity index (χ4v) is 4.50. The van der Waals surface area contributed by atoms with Crippen molar-refractivity contribution < 1.29 is 23.8 Å². The van der Waals surface area contributed by atoms with Crippen LogP contribution >= 0.6 is 0 Å². The zero-order chi connectivity index (χ0) is 19.8. The molecule has 1 aromatic rings. The number of allylic oxidation sites excluding steroid dienone is 2. The van der Waals surface area contributed by atoms with Gasteiger partial charge in [-0.1, -0.05) is 18.6 Å². The third kappa shape index (κ3) is 4.14. The summed E-state index contributed by atoms with van der Waals surface area (Å²) in [5.74, 6) is 0.726. The number of rotatable bonds is 1. The summed E-state index contributed by atoms with van der Waals surface area (Å²) in [7, 11) is 0. The first-order valence-electron chi connectivity index (χ1n) is 9.97. The number of aryl methyl sites for hydroxylation is 1. The molecule has 0 saturated carbocycles. The van der Waals surface area contributed by atoms with E-state index < -0.39 is 23.8 Å². The summed E-state index contributed by atoms with van der Waals surface area (Å²) in [5, 5.41) is 11.3. The molecule has 2 aliphatic rings. The molecule has 1 saturated heterocycles. The summed E-state index contributed by atoms with van der Waals surface area (Å²) in [4.78, 5) is 11.8. The van der Waals surface area contributed by atoms with E-state index in [0.717, 1.165) is 42.6 Å². The maximum absolute atomic E-state index is 11.8. The van der Waals surface area contributed by atoms with Gasteiger partial charge in [0.05, 0.1) is 12.4 Å². The fourth-order valence-electron chi connectivity index (χ4n) is 4.50. The van der Waals surface area contributed by atoms with E-state index in [4.69, 9.17) is 13.9 Å². The minimum Gasteiger partial charge on any atom is -0.468 e. The van der Waals surface area contributed by atoms with Gasteiger partial charge in [0.25, 0.3) is 0 Å². The monoisotopic (exact) mass is 376 g/mol. The van der Waals surface area contributed by atoms with Gasteiger partial charge in [-0.15, -0.1) is 0 Å². The SMILES string of the molecule is CC(=O)O[C@@H]1[C@@H](O)c2c(C)coc2C/C(C)=C/CC[C@@H](C)[C@@H]2CC[C@@]1(C)O2. The molecule has 2 bridgehead atoms. The number of ether oxygens (including phenoxy) is 2. The van der Waals surface area contributed by atoms with E-state index in [0.29, 0.717) is 12.3 Å². The predicted octanol–water partition coefficient (Wildman–Crippen LogP) is 4.41. The molecule has 1 N–H and O–H groups in total. The van der Waals surface area contributed by atoms with E-state index in [1.165, 1.54) is 12.5 Å². The average Bonchev–Trinajstić information content (AvgIpc) is 3.15. The molecule has 27 heavy (non-hydrogen) atoms. The quantitative estimate of drug-likeness (QED) is 0.581. The van der Waals surface area contributed by atoms with Gasteiger partial charge in [-0.2, -0.15) is 0 Å². The molecule has 0 unspecified atom stereocenters. The first-order valence-corrected chi connectivity index (χ1v) is 9.97. The van der Waals surface area contributed by atoms with Gasteiger partial charge in [-0.05, 0) is 57.9 Å². The third-order valence-corrected chi connectivity index (χ3v) is 6.12. The van der Waals surface area contributed by atoms with Crippen LogP contribution in [0.5, 0.6) is 0 Å². The third-order valence-electron chi connectivity index (χ3n) is 6.12. The van der Waals surface area contributed by atoms with Crippen molar-refractivity contribution in [2.75, 3.05) is 0 Å². The summed E-state index contributed by atoms with van der Waals surface area (Å²) in [6, 6.07) is 0. The highest BCUT2D eigenvalue weighted by molar-refractivity contribution is 5.66.